The number of amides is 1. The van der Waals surface area contributed by atoms with Crippen LogP contribution >= 0.6 is 0 Å². The van der Waals surface area contributed by atoms with Crippen molar-refractivity contribution < 1.29 is 14.3 Å². The average Bonchev–Trinajstić information content (AvgIpc) is 2.83. The molecule has 2 atom stereocenters. The maximum atomic E-state index is 13.0. The van der Waals surface area contributed by atoms with E-state index in [0.29, 0.717) is 30.4 Å². The van der Waals surface area contributed by atoms with E-state index in [-0.39, 0.29) is 18.0 Å². The van der Waals surface area contributed by atoms with Gasteiger partial charge in [0.15, 0.2) is 5.89 Å². The van der Waals surface area contributed by atoms with Crippen molar-refractivity contribution in [1.29, 1.82) is 0 Å². The molecule has 1 aromatic heterocycles. The van der Waals surface area contributed by atoms with Crippen molar-refractivity contribution in [2.75, 3.05) is 19.6 Å². The predicted octanol–water partition coefficient (Wildman–Crippen LogP) is 2.38. The molecular weight excluding hydrogens is 306 g/mol. The van der Waals surface area contributed by atoms with E-state index in [2.05, 4.69) is 23.7 Å². The second-order valence-corrected chi connectivity index (χ2v) is 7.47. The van der Waals surface area contributed by atoms with Crippen LogP contribution in [0.4, 0.5) is 0 Å². The molecule has 1 amide bonds. The highest BCUT2D eigenvalue weighted by molar-refractivity contribution is 5.92. The molecule has 136 valence electrons. The van der Waals surface area contributed by atoms with E-state index in [1.165, 1.54) is 0 Å². The van der Waals surface area contributed by atoms with Crippen LogP contribution in [0, 0.1) is 13.8 Å². The summed E-state index contributed by atoms with van der Waals surface area (Å²) in [5.74, 6) is 0.814. The number of β-amino-alcohol motifs (C(OH)–C–C–N with tert-alkyl or cyclic N) is 1. The van der Waals surface area contributed by atoms with E-state index in [9.17, 15) is 9.90 Å². The molecule has 2 rings (SSSR count). The van der Waals surface area contributed by atoms with Crippen molar-refractivity contribution in [3.05, 3.63) is 17.3 Å². The van der Waals surface area contributed by atoms with Crippen LogP contribution in [0.3, 0.4) is 0 Å². The van der Waals surface area contributed by atoms with Crippen LogP contribution in [0.1, 0.15) is 62.7 Å². The Balaban J connectivity index is 2.22. The molecule has 0 bridgehead atoms. The van der Waals surface area contributed by atoms with Crippen molar-refractivity contribution in [1.82, 2.24) is 14.8 Å². The number of aryl methyl sites for hydroxylation is 2. The molecule has 0 aliphatic carbocycles. The highest BCUT2D eigenvalue weighted by atomic mass is 16.4. The minimum absolute atomic E-state index is 0.0682. The SMILES string of the molecule is CC[C@H]1CN(C(=O)c2oc(C)nc2C)[C@H](CC)CN1CC(C)(C)O. The monoisotopic (exact) mass is 337 g/mol. The topological polar surface area (TPSA) is 69.8 Å². The lowest BCUT2D eigenvalue weighted by molar-refractivity contribution is -0.0245. The van der Waals surface area contributed by atoms with Gasteiger partial charge < -0.3 is 14.4 Å². The third-order valence-corrected chi connectivity index (χ3v) is 4.70. The Bertz CT molecular complexity index is 577. The van der Waals surface area contributed by atoms with Gasteiger partial charge in [0.25, 0.3) is 5.91 Å². The van der Waals surface area contributed by atoms with Gasteiger partial charge in [-0.3, -0.25) is 9.69 Å². The summed E-state index contributed by atoms with van der Waals surface area (Å²) in [7, 11) is 0. The quantitative estimate of drug-likeness (QED) is 0.893. The molecule has 1 aliphatic rings. The molecule has 24 heavy (non-hydrogen) atoms. The first-order valence-corrected chi connectivity index (χ1v) is 8.87. The molecule has 2 heterocycles. The Hall–Kier alpha value is -1.40. The normalized spacial score (nSPS) is 22.9. The van der Waals surface area contributed by atoms with E-state index in [1.807, 2.05) is 25.7 Å². The first-order valence-electron chi connectivity index (χ1n) is 8.87. The summed E-state index contributed by atoms with van der Waals surface area (Å²) in [5, 5.41) is 10.2. The number of hydrogen-bond donors (Lipinski definition) is 1. The van der Waals surface area contributed by atoms with Crippen LogP contribution < -0.4 is 0 Å². The molecule has 6 heteroatoms. The molecule has 1 aliphatic heterocycles. The second kappa shape index (κ2) is 7.23. The molecule has 0 spiro atoms. The molecule has 6 nitrogen and oxygen atoms in total. The smallest absolute Gasteiger partial charge is 0.291 e. The molecule has 1 fully saturated rings. The van der Waals surface area contributed by atoms with Gasteiger partial charge >= 0.3 is 0 Å². The summed E-state index contributed by atoms with van der Waals surface area (Å²) in [5.41, 5.74) is -0.0874. The Kier molecular flexibility index (Phi) is 5.71. The molecule has 1 saturated heterocycles. The zero-order valence-electron chi connectivity index (χ0n) is 15.8. The van der Waals surface area contributed by atoms with Gasteiger partial charge in [-0.25, -0.2) is 4.98 Å². The lowest BCUT2D eigenvalue weighted by atomic mass is 9.99. The van der Waals surface area contributed by atoms with E-state index in [4.69, 9.17) is 4.42 Å². The van der Waals surface area contributed by atoms with Crippen LogP contribution in [0.25, 0.3) is 0 Å². The first-order chi connectivity index (χ1) is 11.2. The molecule has 1 aromatic rings. The highest BCUT2D eigenvalue weighted by Gasteiger charge is 2.38. The van der Waals surface area contributed by atoms with Crippen LogP contribution in [0.2, 0.25) is 0 Å². The van der Waals surface area contributed by atoms with Gasteiger partial charge in [-0.1, -0.05) is 13.8 Å². The number of nitrogens with zero attached hydrogens (tertiary/aromatic N) is 3. The largest absolute Gasteiger partial charge is 0.436 e. The average molecular weight is 337 g/mol. The summed E-state index contributed by atoms with van der Waals surface area (Å²) in [4.78, 5) is 21.5. The number of hydrogen-bond acceptors (Lipinski definition) is 5. The fraction of sp³-hybridized carbons (Fsp3) is 0.778. The zero-order chi connectivity index (χ0) is 18.1. The lowest BCUT2D eigenvalue weighted by Gasteiger charge is -2.47. The molecule has 0 unspecified atom stereocenters. The van der Waals surface area contributed by atoms with Gasteiger partial charge in [-0.15, -0.1) is 0 Å². The molecule has 0 radical (unpaired) electrons. The second-order valence-electron chi connectivity index (χ2n) is 7.47. The number of rotatable bonds is 5. The van der Waals surface area contributed by atoms with E-state index >= 15 is 0 Å². The molecule has 1 N–H and O–H groups in total. The summed E-state index contributed by atoms with van der Waals surface area (Å²) >= 11 is 0. The van der Waals surface area contributed by atoms with Gasteiger partial charge in [0.2, 0.25) is 5.76 Å². The number of oxazole rings is 1. The number of carbonyl (C=O) groups excluding carboxylic acids is 1. The highest BCUT2D eigenvalue weighted by Crippen LogP contribution is 2.24. The number of aromatic nitrogens is 1. The minimum atomic E-state index is -0.740. The standard InChI is InChI=1S/C18H31N3O3/c1-7-14-10-21(17(22)16-12(3)19-13(4)24-16)15(8-2)9-20(14)11-18(5,6)23/h14-15,23H,7-11H2,1-6H3/t14-,15+/m0/s1. The van der Waals surface area contributed by atoms with Crippen LogP contribution in [-0.2, 0) is 0 Å². The van der Waals surface area contributed by atoms with Crippen LogP contribution in [0.15, 0.2) is 4.42 Å². The van der Waals surface area contributed by atoms with E-state index in [1.54, 1.807) is 6.92 Å². The fourth-order valence-electron chi connectivity index (χ4n) is 3.55. The third kappa shape index (κ3) is 4.16. The van der Waals surface area contributed by atoms with Crippen molar-refractivity contribution >= 4 is 5.91 Å². The lowest BCUT2D eigenvalue weighted by Crippen LogP contribution is -2.61. The number of carbonyl (C=O) groups is 1. The molecule has 0 aromatic carbocycles. The summed E-state index contributed by atoms with van der Waals surface area (Å²) in [6.45, 7) is 13.5. The minimum Gasteiger partial charge on any atom is -0.436 e. The van der Waals surface area contributed by atoms with Crippen LogP contribution in [-0.4, -0.2) is 63.1 Å². The maximum Gasteiger partial charge on any atom is 0.291 e. The summed E-state index contributed by atoms with van der Waals surface area (Å²) in [6.07, 6.45) is 1.81. The van der Waals surface area contributed by atoms with Gasteiger partial charge in [-0.2, -0.15) is 0 Å². The first kappa shape index (κ1) is 18.9. The van der Waals surface area contributed by atoms with Gasteiger partial charge in [0.05, 0.1) is 11.3 Å². The van der Waals surface area contributed by atoms with Gasteiger partial charge in [-0.05, 0) is 33.6 Å². The van der Waals surface area contributed by atoms with Gasteiger partial charge in [0.1, 0.15) is 0 Å². The zero-order valence-corrected chi connectivity index (χ0v) is 15.8. The van der Waals surface area contributed by atoms with Crippen molar-refractivity contribution in [2.24, 2.45) is 0 Å². The number of piperazine rings is 1. The van der Waals surface area contributed by atoms with Crippen LogP contribution in [0.5, 0.6) is 0 Å². The predicted molar refractivity (Wildman–Crippen MR) is 93.0 cm³/mol. The maximum absolute atomic E-state index is 13.0. The summed E-state index contributed by atoms with van der Waals surface area (Å²) in [6, 6.07) is 0.361. The summed E-state index contributed by atoms with van der Waals surface area (Å²) < 4.78 is 5.54. The fourth-order valence-corrected chi connectivity index (χ4v) is 3.55. The Morgan fingerprint density at radius 2 is 1.88 bits per heavy atom. The van der Waals surface area contributed by atoms with Gasteiger partial charge in [0, 0.05) is 38.6 Å². The number of aliphatic hydroxyl groups is 1. The van der Waals surface area contributed by atoms with Crippen molar-refractivity contribution in [3.8, 4) is 0 Å². The Morgan fingerprint density at radius 3 is 2.33 bits per heavy atom. The van der Waals surface area contributed by atoms with Crippen molar-refractivity contribution in [2.45, 2.75) is 72.1 Å². The van der Waals surface area contributed by atoms with E-state index < -0.39 is 5.60 Å². The van der Waals surface area contributed by atoms with E-state index in [0.717, 1.165) is 19.4 Å². The third-order valence-electron chi connectivity index (χ3n) is 4.70. The Morgan fingerprint density at radius 1 is 1.25 bits per heavy atom. The Labute approximate surface area is 144 Å². The molecule has 0 saturated carbocycles. The van der Waals surface area contributed by atoms with Crippen molar-refractivity contribution in [3.63, 3.8) is 0 Å². The molecular formula is C18H31N3O3.